The van der Waals surface area contributed by atoms with Gasteiger partial charge in [-0.2, -0.15) is 4.58 Å². The Morgan fingerprint density at radius 2 is 1.65 bits per heavy atom. The molecule has 0 radical (unpaired) electrons. The van der Waals surface area contributed by atoms with E-state index in [1.54, 1.807) is 0 Å². The number of nitrogens with one attached hydrogen (secondary N) is 1. The molecule has 0 fully saturated rings. The van der Waals surface area contributed by atoms with Gasteiger partial charge in [-0.25, -0.2) is 9.59 Å². The Hall–Kier alpha value is -4.24. The molecule has 0 spiro atoms. The Balaban J connectivity index is 1.36. The van der Waals surface area contributed by atoms with Crippen LogP contribution >= 0.6 is 0 Å². The van der Waals surface area contributed by atoms with E-state index < -0.39 is 25.2 Å². The fourth-order valence-corrected chi connectivity index (χ4v) is 6.84. The first-order chi connectivity index (χ1) is 22.9. The van der Waals surface area contributed by atoms with E-state index in [1.807, 2.05) is 6.92 Å². The summed E-state index contributed by atoms with van der Waals surface area (Å²) < 4.78 is 12.3. The lowest BCUT2D eigenvalue weighted by atomic mass is 9.81. The van der Waals surface area contributed by atoms with E-state index in [9.17, 15) is 14.4 Å². The monoisotopic (exact) mass is 658 g/mol. The second-order valence-electron chi connectivity index (χ2n) is 13.5. The fraction of sp³-hybridized carbons (Fsp3) is 0.487. The third-order valence-corrected chi connectivity index (χ3v) is 9.46. The third-order valence-electron chi connectivity index (χ3n) is 9.46. The summed E-state index contributed by atoms with van der Waals surface area (Å²) in [6, 6.07) is 17.0. The normalized spacial score (nSPS) is 17.5. The zero-order valence-corrected chi connectivity index (χ0v) is 29.4. The van der Waals surface area contributed by atoms with Crippen LogP contribution in [-0.2, 0) is 34.7 Å². The summed E-state index contributed by atoms with van der Waals surface area (Å²) in [7, 11) is 0. The summed E-state index contributed by atoms with van der Waals surface area (Å²) in [6.07, 6.45) is 10.4. The van der Waals surface area contributed by atoms with E-state index in [0.29, 0.717) is 12.8 Å². The van der Waals surface area contributed by atoms with Crippen molar-refractivity contribution in [3.63, 3.8) is 0 Å². The number of hydrogen-bond acceptors (Lipinski definition) is 6. The number of aliphatic carboxylic acids is 1. The van der Waals surface area contributed by atoms with Gasteiger partial charge in [0.1, 0.15) is 26.4 Å². The van der Waals surface area contributed by atoms with Crippen molar-refractivity contribution in [2.45, 2.75) is 90.5 Å². The molecular weight excluding hydrogens is 606 g/mol. The van der Waals surface area contributed by atoms with Crippen molar-refractivity contribution >= 4 is 34.9 Å². The molecule has 2 aliphatic rings. The van der Waals surface area contributed by atoms with E-state index in [4.69, 9.17) is 14.6 Å². The lowest BCUT2D eigenvalue weighted by Gasteiger charge is -2.25. The van der Waals surface area contributed by atoms with Gasteiger partial charge in [0.05, 0.1) is 11.5 Å². The number of amides is 1. The molecule has 1 amide bonds. The minimum Gasteiger partial charge on any atom is -0.480 e. The summed E-state index contributed by atoms with van der Waals surface area (Å²) >= 11 is 0. The molecule has 1 unspecified atom stereocenters. The Kier molecular flexibility index (Phi) is 12.4. The minimum atomic E-state index is -1.15. The minimum absolute atomic E-state index is 0.0192. The molecule has 0 aliphatic carbocycles. The summed E-state index contributed by atoms with van der Waals surface area (Å²) in [6.45, 7) is 14.1. The van der Waals surface area contributed by atoms with Crippen molar-refractivity contribution in [3.05, 3.63) is 83.6 Å². The summed E-state index contributed by atoms with van der Waals surface area (Å²) in [5, 5.41) is 11.5. The van der Waals surface area contributed by atoms with E-state index in [1.165, 1.54) is 33.9 Å². The van der Waals surface area contributed by atoms with Gasteiger partial charge < -0.3 is 24.8 Å². The van der Waals surface area contributed by atoms with Gasteiger partial charge in [0, 0.05) is 53.9 Å². The molecule has 0 saturated heterocycles. The van der Waals surface area contributed by atoms with Crippen molar-refractivity contribution in [3.8, 4) is 0 Å². The van der Waals surface area contributed by atoms with Gasteiger partial charge in [-0.15, -0.1) is 0 Å². The number of carboxylic acids is 1. The summed E-state index contributed by atoms with van der Waals surface area (Å²) in [5.74, 6) is -1.89. The van der Waals surface area contributed by atoms with Gasteiger partial charge in [-0.3, -0.25) is 4.79 Å². The fourth-order valence-electron chi connectivity index (χ4n) is 6.84. The SMILES string of the molecule is CCC(COC(=O)COCC(=O)O)NC(=O)CCCCC[N+]1=C(C=CC=C2N(CC)c3ccccc3C2(C)C)C(C)(C)c2ccccc21. The Morgan fingerprint density at radius 1 is 0.938 bits per heavy atom. The lowest BCUT2D eigenvalue weighted by molar-refractivity contribution is -0.438. The van der Waals surface area contributed by atoms with Crippen LogP contribution in [-0.4, -0.2) is 72.2 Å². The highest BCUT2D eigenvalue weighted by atomic mass is 16.6. The molecule has 4 rings (SSSR count). The van der Waals surface area contributed by atoms with Crippen LogP contribution in [0.4, 0.5) is 11.4 Å². The first-order valence-corrected chi connectivity index (χ1v) is 17.2. The Morgan fingerprint density at radius 3 is 2.35 bits per heavy atom. The number of ether oxygens (including phenoxy) is 2. The molecule has 9 nitrogen and oxygen atoms in total. The number of allylic oxidation sites excluding steroid dienone is 4. The maximum Gasteiger partial charge on any atom is 0.332 e. The Labute approximate surface area is 285 Å². The van der Waals surface area contributed by atoms with Crippen LogP contribution in [0.25, 0.3) is 0 Å². The maximum absolute atomic E-state index is 12.6. The van der Waals surface area contributed by atoms with Gasteiger partial charge in [-0.1, -0.05) is 63.2 Å². The molecule has 0 bridgehead atoms. The number of carboxylic acid groups (broad SMARTS) is 1. The van der Waals surface area contributed by atoms with Crippen molar-refractivity contribution in [1.82, 2.24) is 5.32 Å². The zero-order valence-electron chi connectivity index (χ0n) is 29.4. The first-order valence-electron chi connectivity index (χ1n) is 17.2. The number of carbonyl (C=O) groups excluding carboxylic acids is 2. The molecule has 0 aromatic heterocycles. The van der Waals surface area contributed by atoms with Crippen LogP contribution in [0.2, 0.25) is 0 Å². The summed E-state index contributed by atoms with van der Waals surface area (Å²) in [5.41, 5.74) is 7.54. The molecule has 2 aromatic carbocycles. The summed E-state index contributed by atoms with van der Waals surface area (Å²) in [4.78, 5) is 37.3. The van der Waals surface area contributed by atoms with Crippen molar-refractivity contribution in [1.29, 1.82) is 0 Å². The third kappa shape index (κ3) is 8.42. The number of rotatable bonds is 17. The zero-order chi connectivity index (χ0) is 34.9. The highest BCUT2D eigenvalue weighted by molar-refractivity contribution is 6.03. The number of hydrogen-bond donors (Lipinski definition) is 2. The molecule has 9 heteroatoms. The highest BCUT2D eigenvalue weighted by Gasteiger charge is 2.44. The van der Waals surface area contributed by atoms with E-state index in [2.05, 4.69) is 116 Å². The predicted octanol–water partition coefficient (Wildman–Crippen LogP) is 6.42. The molecule has 1 atom stereocenters. The number of unbranched alkanes of at least 4 members (excludes halogenated alkanes) is 2. The highest BCUT2D eigenvalue weighted by Crippen LogP contribution is 2.47. The largest absolute Gasteiger partial charge is 0.480 e. The molecule has 2 aliphatic heterocycles. The number of likely N-dealkylation sites (N-methyl/N-ethyl adjacent to an activating group) is 1. The lowest BCUT2D eigenvalue weighted by Crippen LogP contribution is -2.38. The van der Waals surface area contributed by atoms with Gasteiger partial charge in [0.25, 0.3) is 0 Å². The Bertz CT molecular complexity index is 1570. The molecule has 0 saturated carbocycles. The molecule has 2 N–H and O–H groups in total. The maximum atomic E-state index is 12.6. The van der Waals surface area contributed by atoms with Gasteiger partial charge in [0.2, 0.25) is 11.6 Å². The number of esters is 1. The van der Waals surface area contributed by atoms with Gasteiger partial charge in [0.15, 0.2) is 5.71 Å². The average molecular weight is 659 g/mol. The molecule has 258 valence electrons. The standard InChI is InChI=1S/C39H51N3O6/c1-7-28(25-48-37(46)27-47-26-36(44)45)40-35(43)23-10-9-15-24-42-32-20-14-12-18-30(32)39(5,6)34(42)22-16-21-33-38(3,4)29-17-11-13-19-31(29)41(33)8-2/h11-14,16-22,28H,7-10,15,23-27H2,1-6H3,(H-,40,43,44,45)/p+1. The average Bonchev–Trinajstić information content (AvgIpc) is 3.41. The van der Waals surface area contributed by atoms with Crippen molar-refractivity contribution in [2.75, 3.05) is 37.8 Å². The van der Waals surface area contributed by atoms with Crippen LogP contribution in [0.15, 0.2) is 72.5 Å². The van der Waals surface area contributed by atoms with Crippen molar-refractivity contribution < 1.29 is 33.5 Å². The van der Waals surface area contributed by atoms with Crippen molar-refractivity contribution in [2.24, 2.45) is 0 Å². The number of fused-ring (bicyclic) bond motifs is 2. The number of benzene rings is 2. The molecular formula is C39H52N3O6+. The molecule has 2 heterocycles. The number of nitrogens with zero attached hydrogens (tertiary/aromatic N) is 2. The van der Waals surface area contributed by atoms with Crippen LogP contribution in [0.3, 0.4) is 0 Å². The molecule has 2 aromatic rings. The number of para-hydroxylation sites is 2. The first kappa shape index (κ1) is 36.6. The second kappa shape index (κ2) is 16.2. The van der Waals surface area contributed by atoms with Crippen LogP contribution in [0, 0.1) is 0 Å². The second-order valence-corrected chi connectivity index (χ2v) is 13.5. The topological polar surface area (TPSA) is 108 Å². The van der Waals surface area contributed by atoms with Crippen LogP contribution in [0.1, 0.15) is 84.8 Å². The smallest absolute Gasteiger partial charge is 0.332 e. The quantitative estimate of drug-likeness (QED) is 0.115. The van der Waals surface area contributed by atoms with Gasteiger partial charge >= 0.3 is 11.9 Å². The van der Waals surface area contributed by atoms with E-state index >= 15 is 0 Å². The van der Waals surface area contributed by atoms with Crippen LogP contribution in [0.5, 0.6) is 0 Å². The van der Waals surface area contributed by atoms with E-state index in [-0.39, 0.29) is 29.4 Å². The van der Waals surface area contributed by atoms with Crippen LogP contribution < -0.4 is 10.2 Å². The number of carbonyl (C=O) groups is 3. The predicted molar refractivity (Wildman–Crippen MR) is 189 cm³/mol. The number of anilines is 1. The van der Waals surface area contributed by atoms with Gasteiger partial charge in [-0.05, 0) is 57.7 Å². The van der Waals surface area contributed by atoms with E-state index in [0.717, 1.165) is 32.4 Å². The molecule has 48 heavy (non-hydrogen) atoms.